The van der Waals surface area contributed by atoms with E-state index in [2.05, 4.69) is 9.05 Å². The van der Waals surface area contributed by atoms with Crippen molar-refractivity contribution in [3.8, 4) is 0 Å². The summed E-state index contributed by atoms with van der Waals surface area (Å²) in [4.78, 5) is 32.5. The molecule has 0 amide bonds. The van der Waals surface area contributed by atoms with E-state index in [1.165, 1.54) is 13.8 Å². The Balaban J connectivity index is 2.75. The Hall–Kier alpha value is -1.15. The molecule has 0 aromatic rings. The number of aliphatic hydroxyl groups excluding tert-OH is 5. The van der Waals surface area contributed by atoms with Gasteiger partial charge in [0.05, 0.1) is 6.61 Å². The van der Waals surface area contributed by atoms with Crippen LogP contribution in [0, 0.1) is 0 Å². The van der Waals surface area contributed by atoms with Gasteiger partial charge in [0.2, 0.25) is 0 Å². The number of esters is 2. The molecule has 1 saturated carbocycles. The molecular formula is C15H27O13P. The van der Waals surface area contributed by atoms with E-state index in [-0.39, 0.29) is 12.8 Å². The summed E-state index contributed by atoms with van der Waals surface area (Å²) in [6, 6.07) is 0. The third-order valence-electron chi connectivity index (χ3n) is 4.06. The number of carbonyl (C=O) groups excluding carboxylic acids is 2. The molecule has 13 nitrogen and oxygen atoms in total. The van der Waals surface area contributed by atoms with Gasteiger partial charge in [-0.1, -0.05) is 13.8 Å². The summed E-state index contributed by atoms with van der Waals surface area (Å²) in [6.45, 7) is 1.82. The minimum absolute atomic E-state index is 0.0237. The molecule has 6 N–H and O–H groups in total. The van der Waals surface area contributed by atoms with E-state index >= 15 is 0 Å². The normalized spacial score (nSPS) is 32.8. The van der Waals surface area contributed by atoms with Crippen LogP contribution in [0.4, 0.5) is 0 Å². The van der Waals surface area contributed by atoms with Gasteiger partial charge in [-0.3, -0.25) is 18.6 Å². The van der Waals surface area contributed by atoms with Crippen LogP contribution in [-0.2, 0) is 32.7 Å². The van der Waals surface area contributed by atoms with Crippen LogP contribution in [0.15, 0.2) is 0 Å². The molecule has 0 spiro atoms. The third kappa shape index (κ3) is 7.55. The van der Waals surface area contributed by atoms with E-state index in [0.717, 1.165) is 0 Å². The molecular weight excluding hydrogens is 419 g/mol. The summed E-state index contributed by atoms with van der Waals surface area (Å²) in [5, 5.41) is 48.4. The quantitative estimate of drug-likeness (QED) is 0.153. The first-order valence-electron chi connectivity index (χ1n) is 8.84. The average molecular weight is 446 g/mol. The van der Waals surface area contributed by atoms with Crippen LogP contribution < -0.4 is 0 Å². The number of hydrogen-bond acceptors (Lipinski definition) is 12. The van der Waals surface area contributed by atoms with Crippen molar-refractivity contribution >= 4 is 19.8 Å². The highest BCUT2D eigenvalue weighted by atomic mass is 31.2. The lowest BCUT2D eigenvalue weighted by Crippen LogP contribution is -2.64. The van der Waals surface area contributed by atoms with Crippen LogP contribution in [0.2, 0.25) is 0 Å². The zero-order valence-electron chi connectivity index (χ0n) is 15.9. The van der Waals surface area contributed by atoms with E-state index in [0.29, 0.717) is 0 Å². The highest BCUT2D eigenvalue weighted by molar-refractivity contribution is 7.47. The number of rotatable bonds is 10. The zero-order chi connectivity index (χ0) is 22.4. The summed E-state index contributed by atoms with van der Waals surface area (Å²) in [5.74, 6) is -1.31. The van der Waals surface area contributed by atoms with E-state index < -0.39 is 75.7 Å². The molecule has 14 heteroatoms. The van der Waals surface area contributed by atoms with Gasteiger partial charge in [-0.2, -0.15) is 0 Å². The number of hydrogen-bond donors (Lipinski definition) is 6. The summed E-state index contributed by atoms with van der Waals surface area (Å²) >= 11 is 0. The van der Waals surface area contributed by atoms with Crippen molar-refractivity contribution in [2.24, 2.45) is 0 Å². The minimum atomic E-state index is -5.02. The standard InChI is InChI=1S/C15H27O13P/c1-3-8(16)25-5-7(27-9(17)4-2)6-26-29(23,24)28-15-13(21)11(19)10(18)12(20)14(15)22/h7,10-15,18-22H,3-6H2,1-2H3,(H,23,24). The van der Waals surface area contributed by atoms with E-state index in [4.69, 9.17) is 9.47 Å². The van der Waals surface area contributed by atoms with Gasteiger partial charge >= 0.3 is 19.8 Å². The van der Waals surface area contributed by atoms with Crippen molar-refractivity contribution in [3.63, 3.8) is 0 Å². The lowest BCUT2D eigenvalue weighted by Gasteiger charge is -2.41. The first kappa shape index (κ1) is 25.9. The predicted octanol–water partition coefficient (Wildman–Crippen LogP) is -2.42. The molecule has 29 heavy (non-hydrogen) atoms. The number of ether oxygens (including phenoxy) is 2. The van der Waals surface area contributed by atoms with Gasteiger partial charge in [0.1, 0.15) is 43.2 Å². The molecule has 0 aliphatic heterocycles. The Bertz CT molecular complexity index is 583. The molecule has 1 aliphatic carbocycles. The van der Waals surface area contributed by atoms with Crippen LogP contribution in [-0.4, -0.2) is 98.3 Å². The van der Waals surface area contributed by atoms with Crippen LogP contribution in [0.25, 0.3) is 0 Å². The number of phosphoric ester groups is 1. The number of phosphoric acid groups is 1. The minimum Gasteiger partial charge on any atom is -0.462 e. The molecule has 170 valence electrons. The summed E-state index contributed by atoms with van der Waals surface area (Å²) in [7, 11) is -5.02. The van der Waals surface area contributed by atoms with Gasteiger partial charge < -0.3 is 39.9 Å². The fraction of sp³-hybridized carbons (Fsp3) is 0.867. The molecule has 0 bridgehead atoms. The van der Waals surface area contributed by atoms with Gasteiger partial charge in [0.25, 0.3) is 0 Å². The third-order valence-corrected chi connectivity index (χ3v) is 5.04. The number of aliphatic hydroxyl groups is 5. The Labute approximate surface area is 166 Å². The topological polar surface area (TPSA) is 210 Å². The van der Waals surface area contributed by atoms with E-state index in [9.17, 15) is 44.6 Å². The van der Waals surface area contributed by atoms with Crippen LogP contribution in [0.1, 0.15) is 26.7 Å². The first-order chi connectivity index (χ1) is 13.4. The maximum absolute atomic E-state index is 12.1. The Kier molecular flexibility index (Phi) is 10.1. The zero-order valence-corrected chi connectivity index (χ0v) is 16.8. The fourth-order valence-electron chi connectivity index (χ4n) is 2.36. The molecule has 6 atom stereocenters. The van der Waals surface area contributed by atoms with Gasteiger partial charge in [-0.05, 0) is 0 Å². The molecule has 0 saturated heterocycles. The van der Waals surface area contributed by atoms with Gasteiger partial charge in [-0.25, -0.2) is 4.57 Å². The molecule has 1 fully saturated rings. The number of carbonyl (C=O) groups is 2. The second-order valence-electron chi connectivity index (χ2n) is 6.29. The van der Waals surface area contributed by atoms with Crippen molar-refractivity contribution in [3.05, 3.63) is 0 Å². The van der Waals surface area contributed by atoms with E-state index in [1.807, 2.05) is 0 Å². The second kappa shape index (κ2) is 11.3. The van der Waals surface area contributed by atoms with Gasteiger partial charge in [0, 0.05) is 12.8 Å². The summed E-state index contributed by atoms with van der Waals surface area (Å²) in [6.07, 6.45) is -13.1. The molecule has 1 aliphatic rings. The molecule has 1 rings (SSSR count). The smallest absolute Gasteiger partial charge is 0.462 e. The molecule has 0 aromatic carbocycles. The van der Waals surface area contributed by atoms with Crippen LogP contribution >= 0.6 is 7.82 Å². The lowest BCUT2D eigenvalue weighted by molar-refractivity contribution is -0.220. The van der Waals surface area contributed by atoms with Crippen LogP contribution in [0.5, 0.6) is 0 Å². The molecule has 0 heterocycles. The highest BCUT2D eigenvalue weighted by Gasteiger charge is 2.51. The van der Waals surface area contributed by atoms with Gasteiger partial charge in [-0.15, -0.1) is 0 Å². The lowest BCUT2D eigenvalue weighted by atomic mass is 9.85. The van der Waals surface area contributed by atoms with Crippen molar-refractivity contribution in [1.82, 2.24) is 0 Å². The average Bonchev–Trinajstić information content (AvgIpc) is 2.69. The Morgan fingerprint density at radius 1 is 0.862 bits per heavy atom. The van der Waals surface area contributed by atoms with Crippen molar-refractivity contribution in [2.45, 2.75) is 69.4 Å². The Morgan fingerprint density at radius 3 is 1.83 bits per heavy atom. The first-order valence-corrected chi connectivity index (χ1v) is 10.3. The maximum atomic E-state index is 12.1. The highest BCUT2D eigenvalue weighted by Crippen LogP contribution is 2.47. The van der Waals surface area contributed by atoms with Crippen molar-refractivity contribution in [2.75, 3.05) is 13.2 Å². The SMILES string of the molecule is CCC(=O)OCC(COP(=O)(O)OC1C(O)C(O)C(O)C(O)C1O)OC(=O)CC. The van der Waals surface area contributed by atoms with Gasteiger partial charge in [0.15, 0.2) is 6.10 Å². The summed E-state index contributed by atoms with van der Waals surface area (Å²) < 4.78 is 31.2. The molecule has 6 unspecified atom stereocenters. The van der Waals surface area contributed by atoms with Crippen molar-refractivity contribution in [1.29, 1.82) is 0 Å². The Morgan fingerprint density at radius 2 is 1.34 bits per heavy atom. The monoisotopic (exact) mass is 446 g/mol. The predicted molar refractivity (Wildman–Crippen MR) is 92.1 cm³/mol. The summed E-state index contributed by atoms with van der Waals surface area (Å²) in [5.41, 5.74) is 0. The molecule has 0 aromatic heterocycles. The largest absolute Gasteiger partial charge is 0.472 e. The van der Waals surface area contributed by atoms with E-state index in [1.54, 1.807) is 0 Å². The van der Waals surface area contributed by atoms with Crippen molar-refractivity contribution < 1.29 is 63.1 Å². The second-order valence-corrected chi connectivity index (χ2v) is 7.70. The van der Waals surface area contributed by atoms with Crippen LogP contribution in [0.3, 0.4) is 0 Å². The molecule has 0 radical (unpaired) electrons. The fourth-order valence-corrected chi connectivity index (χ4v) is 3.33. The maximum Gasteiger partial charge on any atom is 0.472 e.